The van der Waals surface area contributed by atoms with Crippen LogP contribution in [0.5, 0.6) is 0 Å². The van der Waals surface area contributed by atoms with Crippen molar-refractivity contribution in [2.45, 2.75) is 19.9 Å². The van der Waals surface area contributed by atoms with Crippen molar-refractivity contribution < 1.29 is 4.74 Å². The highest BCUT2D eigenvalue weighted by atomic mass is 31.1. The van der Waals surface area contributed by atoms with Crippen LogP contribution in [0.3, 0.4) is 0 Å². The molecule has 0 spiro atoms. The summed E-state index contributed by atoms with van der Waals surface area (Å²) in [5.74, 6) is 1.48. The normalized spacial score (nSPS) is 21.8. The van der Waals surface area contributed by atoms with Gasteiger partial charge in [0.2, 0.25) is 0 Å². The van der Waals surface area contributed by atoms with Crippen LogP contribution in [0.25, 0.3) is 0 Å². The lowest BCUT2D eigenvalue weighted by atomic mass is 10.1. The molecular formula is C23H24NOP. The van der Waals surface area contributed by atoms with E-state index in [4.69, 9.17) is 4.74 Å². The van der Waals surface area contributed by atoms with Crippen molar-refractivity contribution >= 4 is 18.5 Å². The first-order valence-electron chi connectivity index (χ1n) is 9.16. The molecule has 1 aliphatic heterocycles. The molecule has 1 N–H and O–H groups in total. The van der Waals surface area contributed by atoms with E-state index in [1.54, 1.807) is 0 Å². The fourth-order valence-corrected chi connectivity index (χ4v) is 5.77. The molecule has 3 heteroatoms. The molecular weight excluding hydrogens is 337 g/mol. The molecule has 1 atom stereocenters. The predicted molar refractivity (Wildman–Crippen MR) is 111 cm³/mol. The Balaban J connectivity index is 1.75. The lowest BCUT2D eigenvalue weighted by molar-refractivity contribution is 0.242. The van der Waals surface area contributed by atoms with Crippen LogP contribution >= 0.6 is 7.92 Å². The second-order valence-corrected chi connectivity index (χ2v) is 9.15. The van der Waals surface area contributed by atoms with Gasteiger partial charge < -0.3 is 10.1 Å². The minimum absolute atomic E-state index is 0.382. The lowest BCUT2D eigenvalue weighted by Gasteiger charge is -2.22. The summed E-state index contributed by atoms with van der Waals surface area (Å²) in [7, 11) is -0.616. The van der Waals surface area contributed by atoms with Crippen LogP contribution < -0.4 is 15.9 Å². The van der Waals surface area contributed by atoms with Crippen molar-refractivity contribution in [3.8, 4) is 0 Å². The summed E-state index contributed by atoms with van der Waals surface area (Å²) >= 11 is 0. The van der Waals surface area contributed by atoms with Gasteiger partial charge in [0.15, 0.2) is 5.88 Å². The van der Waals surface area contributed by atoms with Gasteiger partial charge in [-0.1, -0.05) is 86.7 Å². The third-order valence-electron chi connectivity index (χ3n) is 4.84. The van der Waals surface area contributed by atoms with Crippen LogP contribution in [0.4, 0.5) is 0 Å². The highest BCUT2D eigenvalue weighted by Gasteiger charge is 2.30. The van der Waals surface area contributed by atoms with E-state index in [-0.39, 0.29) is 0 Å². The first kappa shape index (κ1) is 17.1. The Hall–Kier alpha value is -2.31. The summed E-state index contributed by atoms with van der Waals surface area (Å²) in [6.45, 7) is 5.21. The highest BCUT2D eigenvalue weighted by Crippen LogP contribution is 2.49. The molecule has 0 aromatic heterocycles. The number of allylic oxidation sites excluding steroid dienone is 5. The van der Waals surface area contributed by atoms with Crippen LogP contribution in [-0.4, -0.2) is 12.6 Å². The Morgan fingerprint density at radius 1 is 0.962 bits per heavy atom. The molecule has 1 aliphatic carbocycles. The van der Waals surface area contributed by atoms with Crippen LogP contribution in [0.15, 0.2) is 95.7 Å². The highest BCUT2D eigenvalue weighted by molar-refractivity contribution is 7.77. The molecule has 0 radical (unpaired) electrons. The van der Waals surface area contributed by atoms with Gasteiger partial charge in [-0.05, 0) is 35.8 Å². The number of hydrogen-bond donors (Lipinski definition) is 1. The zero-order valence-corrected chi connectivity index (χ0v) is 16.1. The molecule has 2 aromatic carbocycles. The third kappa shape index (κ3) is 3.34. The van der Waals surface area contributed by atoms with Gasteiger partial charge in [0.1, 0.15) is 6.61 Å². The maximum atomic E-state index is 6.05. The summed E-state index contributed by atoms with van der Waals surface area (Å²) in [5.41, 5.74) is 1.20. The van der Waals surface area contributed by atoms with Gasteiger partial charge >= 0.3 is 0 Å². The lowest BCUT2D eigenvalue weighted by Crippen LogP contribution is -2.28. The quantitative estimate of drug-likeness (QED) is 0.814. The molecule has 1 fully saturated rings. The van der Waals surface area contributed by atoms with Crippen molar-refractivity contribution in [1.29, 1.82) is 0 Å². The predicted octanol–water partition coefficient (Wildman–Crippen LogP) is 4.43. The third-order valence-corrected chi connectivity index (χ3v) is 7.34. The monoisotopic (exact) mass is 361 g/mol. The first-order chi connectivity index (χ1) is 12.7. The van der Waals surface area contributed by atoms with Gasteiger partial charge in [0, 0.05) is 5.57 Å². The zero-order valence-electron chi connectivity index (χ0n) is 15.2. The van der Waals surface area contributed by atoms with Crippen molar-refractivity contribution in [2.24, 2.45) is 5.92 Å². The van der Waals surface area contributed by atoms with Gasteiger partial charge in [-0.25, -0.2) is 0 Å². The van der Waals surface area contributed by atoms with Gasteiger partial charge in [0.25, 0.3) is 0 Å². The van der Waals surface area contributed by atoms with E-state index in [0.717, 1.165) is 12.5 Å². The van der Waals surface area contributed by atoms with Gasteiger partial charge in [0.05, 0.1) is 6.04 Å². The number of benzene rings is 2. The van der Waals surface area contributed by atoms with E-state index in [2.05, 4.69) is 98.1 Å². The fourth-order valence-electron chi connectivity index (χ4n) is 3.32. The smallest absolute Gasteiger partial charge is 0.195 e. The molecule has 4 rings (SSSR count). The molecule has 0 saturated carbocycles. The first-order valence-corrected chi connectivity index (χ1v) is 10.5. The Labute approximate surface area is 157 Å². The van der Waals surface area contributed by atoms with Gasteiger partial charge in [-0.3, -0.25) is 0 Å². The minimum Gasteiger partial charge on any atom is -0.477 e. The van der Waals surface area contributed by atoms with E-state index in [9.17, 15) is 0 Å². The van der Waals surface area contributed by atoms with Crippen LogP contribution in [0.2, 0.25) is 0 Å². The Morgan fingerprint density at radius 2 is 1.58 bits per heavy atom. The topological polar surface area (TPSA) is 21.3 Å². The molecule has 0 amide bonds. The SMILES string of the molecule is CC(C)[C@H]1CO/C(=C2\C=CC=C2P(c2ccccc2)c2ccccc2)N1. The van der Waals surface area contributed by atoms with Crippen LogP contribution in [0.1, 0.15) is 13.8 Å². The van der Waals surface area contributed by atoms with Crippen molar-refractivity contribution in [3.63, 3.8) is 0 Å². The molecule has 1 saturated heterocycles. The van der Waals surface area contributed by atoms with E-state index in [0.29, 0.717) is 12.0 Å². The zero-order chi connectivity index (χ0) is 17.9. The van der Waals surface area contributed by atoms with Crippen LogP contribution in [-0.2, 0) is 4.74 Å². The van der Waals surface area contributed by atoms with Crippen molar-refractivity contribution in [3.05, 3.63) is 95.7 Å². The summed E-state index contributed by atoms with van der Waals surface area (Å²) < 4.78 is 6.05. The number of rotatable bonds is 4. The maximum Gasteiger partial charge on any atom is 0.195 e. The number of nitrogens with one attached hydrogen (secondary N) is 1. The molecule has 1 heterocycles. The van der Waals surface area contributed by atoms with E-state index < -0.39 is 7.92 Å². The second kappa shape index (κ2) is 7.51. The Morgan fingerprint density at radius 3 is 2.12 bits per heavy atom. The molecule has 2 aliphatic rings. The standard InChI is InChI=1S/C23H24NOP/c1-17(2)21-16-25-23(24-21)20-14-9-15-22(20)26(18-10-5-3-6-11-18)19-12-7-4-8-13-19/h3-15,17,21,24H,16H2,1-2H3/b23-20+/t21-/m1/s1. The molecule has 2 aromatic rings. The summed E-state index contributed by atoms with van der Waals surface area (Å²) in [6, 6.07) is 22.0. The summed E-state index contributed by atoms with van der Waals surface area (Å²) in [6.07, 6.45) is 6.58. The Kier molecular flexibility index (Phi) is 4.95. The van der Waals surface area contributed by atoms with Crippen LogP contribution in [0, 0.1) is 5.92 Å². The molecule has 2 nitrogen and oxygen atoms in total. The van der Waals surface area contributed by atoms with Crippen molar-refractivity contribution in [1.82, 2.24) is 5.32 Å². The summed E-state index contributed by atoms with van der Waals surface area (Å²) in [4.78, 5) is 0. The molecule has 132 valence electrons. The average molecular weight is 361 g/mol. The van der Waals surface area contributed by atoms with E-state index in [1.165, 1.54) is 21.5 Å². The average Bonchev–Trinajstić information content (AvgIpc) is 3.33. The van der Waals surface area contributed by atoms with E-state index in [1.807, 2.05) is 0 Å². The second-order valence-electron chi connectivity index (χ2n) is 6.97. The molecule has 26 heavy (non-hydrogen) atoms. The largest absolute Gasteiger partial charge is 0.477 e. The summed E-state index contributed by atoms with van der Waals surface area (Å²) in [5, 5.41) is 7.67. The van der Waals surface area contributed by atoms with Crippen molar-refractivity contribution in [2.75, 3.05) is 6.61 Å². The number of ether oxygens (including phenoxy) is 1. The molecule has 0 bridgehead atoms. The fraction of sp³-hybridized carbons (Fsp3) is 0.217. The van der Waals surface area contributed by atoms with E-state index >= 15 is 0 Å². The van der Waals surface area contributed by atoms with Gasteiger partial charge in [-0.2, -0.15) is 0 Å². The maximum absolute atomic E-state index is 6.05. The number of hydrogen-bond acceptors (Lipinski definition) is 2. The Bertz CT molecular complexity index is 813. The minimum atomic E-state index is -0.616. The molecule has 0 unspecified atom stereocenters. The van der Waals surface area contributed by atoms with Gasteiger partial charge in [-0.15, -0.1) is 0 Å².